The summed E-state index contributed by atoms with van der Waals surface area (Å²) in [6.07, 6.45) is 1.78. The Balaban J connectivity index is 0.00000162. The van der Waals surface area contributed by atoms with Crippen LogP contribution in [-0.2, 0) is 9.59 Å². The molecule has 0 bridgehead atoms. The van der Waals surface area contributed by atoms with Gasteiger partial charge in [0.1, 0.15) is 0 Å². The highest BCUT2D eigenvalue weighted by Crippen LogP contribution is 2.16. The SMILES string of the molecule is CC1CN(CCN2C(=O)CCC2=O)CCC1N.Cl. The van der Waals surface area contributed by atoms with Crippen LogP contribution in [0, 0.1) is 5.92 Å². The first-order valence-electron chi connectivity index (χ1n) is 6.39. The van der Waals surface area contributed by atoms with Crippen molar-refractivity contribution in [3.63, 3.8) is 0 Å². The van der Waals surface area contributed by atoms with Crippen LogP contribution in [0.15, 0.2) is 0 Å². The number of likely N-dealkylation sites (tertiary alicyclic amines) is 2. The van der Waals surface area contributed by atoms with Crippen molar-refractivity contribution in [1.82, 2.24) is 9.80 Å². The van der Waals surface area contributed by atoms with Crippen LogP contribution in [0.25, 0.3) is 0 Å². The Bertz CT molecular complexity index is 308. The lowest BCUT2D eigenvalue weighted by molar-refractivity contribution is -0.138. The average molecular weight is 276 g/mol. The number of hydrogen-bond donors (Lipinski definition) is 1. The van der Waals surface area contributed by atoms with Crippen molar-refractivity contribution >= 4 is 24.2 Å². The Morgan fingerprint density at radius 3 is 2.39 bits per heavy atom. The number of carbonyl (C=O) groups is 2. The number of piperidine rings is 1. The maximum absolute atomic E-state index is 11.4. The lowest BCUT2D eigenvalue weighted by Gasteiger charge is -2.35. The highest BCUT2D eigenvalue weighted by Gasteiger charge is 2.30. The summed E-state index contributed by atoms with van der Waals surface area (Å²) in [4.78, 5) is 26.6. The van der Waals surface area contributed by atoms with E-state index in [1.165, 1.54) is 4.90 Å². The Morgan fingerprint density at radius 1 is 1.22 bits per heavy atom. The topological polar surface area (TPSA) is 66.6 Å². The van der Waals surface area contributed by atoms with Crippen molar-refractivity contribution in [3.05, 3.63) is 0 Å². The van der Waals surface area contributed by atoms with Gasteiger partial charge in [0.2, 0.25) is 11.8 Å². The summed E-state index contributed by atoms with van der Waals surface area (Å²) in [5, 5.41) is 0. The highest BCUT2D eigenvalue weighted by molar-refractivity contribution is 6.01. The van der Waals surface area contributed by atoms with E-state index in [1.54, 1.807) is 0 Å². The van der Waals surface area contributed by atoms with Crippen LogP contribution >= 0.6 is 12.4 Å². The third-order valence-corrected chi connectivity index (χ3v) is 3.85. The Kier molecular flexibility index (Phi) is 5.56. The molecule has 2 rings (SSSR count). The highest BCUT2D eigenvalue weighted by atomic mass is 35.5. The van der Waals surface area contributed by atoms with E-state index in [2.05, 4.69) is 11.8 Å². The summed E-state index contributed by atoms with van der Waals surface area (Å²) in [6, 6.07) is 0.293. The molecule has 6 heteroatoms. The van der Waals surface area contributed by atoms with Crippen LogP contribution in [0.3, 0.4) is 0 Å². The van der Waals surface area contributed by atoms with Crippen LogP contribution in [0.2, 0.25) is 0 Å². The van der Waals surface area contributed by atoms with Gasteiger partial charge in [0, 0.05) is 38.5 Å². The van der Waals surface area contributed by atoms with Gasteiger partial charge >= 0.3 is 0 Å². The summed E-state index contributed by atoms with van der Waals surface area (Å²) in [6.45, 7) is 5.43. The lowest BCUT2D eigenvalue weighted by Crippen LogP contribution is -2.48. The zero-order chi connectivity index (χ0) is 12.4. The molecule has 0 aliphatic carbocycles. The van der Waals surface area contributed by atoms with Crippen LogP contribution in [-0.4, -0.2) is 53.8 Å². The predicted octanol–water partition coefficient (Wildman–Crippen LogP) is 0.226. The molecular formula is C12H22ClN3O2. The molecule has 2 saturated heterocycles. The molecule has 2 aliphatic rings. The van der Waals surface area contributed by atoms with Gasteiger partial charge in [-0.05, 0) is 18.9 Å². The number of rotatable bonds is 3. The molecule has 0 aromatic carbocycles. The minimum absolute atomic E-state index is 0. The van der Waals surface area contributed by atoms with Gasteiger partial charge in [-0.2, -0.15) is 0 Å². The number of carbonyl (C=O) groups excluding carboxylic acids is 2. The van der Waals surface area contributed by atoms with Gasteiger partial charge in [-0.3, -0.25) is 14.5 Å². The Labute approximate surface area is 114 Å². The molecule has 0 aromatic heterocycles. The minimum Gasteiger partial charge on any atom is -0.327 e. The second kappa shape index (κ2) is 6.50. The molecule has 2 N–H and O–H groups in total. The number of nitrogens with two attached hydrogens (primary N) is 1. The van der Waals surface area contributed by atoms with E-state index in [-0.39, 0.29) is 24.2 Å². The van der Waals surface area contributed by atoms with E-state index in [0.29, 0.717) is 31.3 Å². The molecule has 2 fully saturated rings. The Hall–Kier alpha value is -0.650. The number of hydrogen-bond acceptors (Lipinski definition) is 4. The molecule has 2 amide bonds. The monoisotopic (exact) mass is 275 g/mol. The van der Waals surface area contributed by atoms with Gasteiger partial charge in [0.15, 0.2) is 0 Å². The molecule has 2 aliphatic heterocycles. The smallest absolute Gasteiger partial charge is 0.229 e. The molecule has 0 aromatic rings. The zero-order valence-corrected chi connectivity index (χ0v) is 11.6. The fourth-order valence-corrected chi connectivity index (χ4v) is 2.57. The first kappa shape index (κ1) is 15.4. The van der Waals surface area contributed by atoms with E-state index >= 15 is 0 Å². The molecule has 18 heavy (non-hydrogen) atoms. The third-order valence-electron chi connectivity index (χ3n) is 3.85. The lowest BCUT2D eigenvalue weighted by atomic mass is 9.95. The molecule has 2 heterocycles. The first-order chi connectivity index (χ1) is 8.08. The summed E-state index contributed by atoms with van der Waals surface area (Å²) in [5.74, 6) is 0.460. The third kappa shape index (κ3) is 3.43. The molecule has 0 saturated carbocycles. The van der Waals surface area contributed by atoms with Gasteiger partial charge in [0.25, 0.3) is 0 Å². The van der Waals surface area contributed by atoms with E-state index in [0.717, 1.165) is 26.1 Å². The average Bonchev–Trinajstić information content (AvgIpc) is 2.61. The number of amides is 2. The van der Waals surface area contributed by atoms with Gasteiger partial charge in [-0.1, -0.05) is 6.92 Å². The number of imide groups is 1. The van der Waals surface area contributed by atoms with Crippen molar-refractivity contribution in [3.8, 4) is 0 Å². The Morgan fingerprint density at radius 2 is 1.83 bits per heavy atom. The summed E-state index contributed by atoms with van der Waals surface area (Å²) in [5.41, 5.74) is 5.96. The van der Waals surface area contributed by atoms with Gasteiger partial charge in [-0.25, -0.2) is 0 Å². The zero-order valence-electron chi connectivity index (χ0n) is 10.8. The van der Waals surface area contributed by atoms with Crippen molar-refractivity contribution in [1.29, 1.82) is 0 Å². The number of nitrogens with zero attached hydrogens (tertiary/aromatic N) is 2. The molecule has 5 nitrogen and oxygen atoms in total. The van der Waals surface area contributed by atoms with Gasteiger partial charge < -0.3 is 10.6 Å². The van der Waals surface area contributed by atoms with Crippen molar-refractivity contribution < 1.29 is 9.59 Å². The maximum Gasteiger partial charge on any atom is 0.229 e. The standard InChI is InChI=1S/C12H21N3O2.ClH/c1-9-8-14(5-4-10(9)13)6-7-15-11(16)2-3-12(15)17;/h9-10H,2-8,13H2,1H3;1H. The van der Waals surface area contributed by atoms with Crippen LogP contribution < -0.4 is 5.73 Å². The normalized spacial score (nSPS) is 29.6. The maximum atomic E-state index is 11.4. The van der Waals surface area contributed by atoms with Crippen LogP contribution in [0.5, 0.6) is 0 Å². The number of halogens is 1. The summed E-state index contributed by atoms with van der Waals surface area (Å²) < 4.78 is 0. The van der Waals surface area contributed by atoms with Crippen molar-refractivity contribution in [2.24, 2.45) is 11.7 Å². The van der Waals surface area contributed by atoms with E-state index in [9.17, 15) is 9.59 Å². The van der Waals surface area contributed by atoms with Crippen molar-refractivity contribution in [2.75, 3.05) is 26.2 Å². The molecule has 104 valence electrons. The van der Waals surface area contributed by atoms with E-state index < -0.39 is 0 Å². The fourth-order valence-electron chi connectivity index (χ4n) is 2.57. The van der Waals surface area contributed by atoms with Crippen molar-refractivity contribution in [2.45, 2.75) is 32.2 Å². The quantitative estimate of drug-likeness (QED) is 0.749. The van der Waals surface area contributed by atoms with Crippen LogP contribution in [0.1, 0.15) is 26.2 Å². The second-order valence-corrected chi connectivity index (χ2v) is 5.17. The fraction of sp³-hybridized carbons (Fsp3) is 0.833. The molecule has 2 atom stereocenters. The predicted molar refractivity (Wildman–Crippen MR) is 71.4 cm³/mol. The van der Waals surface area contributed by atoms with E-state index in [1.807, 2.05) is 0 Å². The minimum atomic E-state index is -0.0169. The van der Waals surface area contributed by atoms with Crippen LogP contribution in [0.4, 0.5) is 0 Å². The molecular weight excluding hydrogens is 254 g/mol. The largest absolute Gasteiger partial charge is 0.327 e. The summed E-state index contributed by atoms with van der Waals surface area (Å²) >= 11 is 0. The van der Waals surface area contributed by atoms with Gasteiger partial charge in [0.05, 0.1) is 0 Å². The molecule has 2 unspecified atom stereocenters. The second-order valence-electron chi connectivity index (χ2n) is 5.17. The first-order valence-corrected chi connectivity index (χ1v) is 6.39. The molecule has 0 radical (unpaired) electrons. The van der Waals surface area contributed by atoms with Gasteiger partial charge in [-0.15, -0.1) is 12.4 Å². The molecule has 0 spiro atoms. The van der Waals surface area contributed by atoms with E-state index in [4.69, 9.17) is 5.73 Å². The summed E-state index contributed by atoms with van der Waals surface area (Å²) in [7, 11) is 0.